The number of fused-ring (bicyclic) bond motifs is 1. The summed E-state index contributed by atoms with van der Waals surface area (Å²) in [6.45, 7) is 6.29. The van der Waals surface area contributed by atoms with Crippen LogP contribution in [0.3, 0.4) is 0 Å². The predicted octanol–water partition coefficient (Wildman–Crippen LogP) is 6.45. The highest BCUT2D eigenvalue weighted by Crippen LogP contribution is 2.27. The second-order valence-corrected chi connectivity index (χ2v) is 10.9. The maximum Gasteiger partial charge on any atom is 0.410 e. The largest absolute Gasteiger partial charge is 0.491 e. The van der Waals surface area contributed by atoms with E-state index in [1.165, 1.54) is 4.90 Å². The first-order valence-electron chi connectivity index (χ1n) is 13.4. The van der Waals surface area contributed by atoms with Crippen molar-refractivity contribution in [3.8, 4) is 11.5 Å². The number of hydrogen-bond acceptors (Lipinski definition) is 5. The fourth-order valence-electron chi connectivity index (χ4n) is 4.68. The molecule has 1 fully saturated rings. The molecule has 7 heteroatoms. The van der Waals surface area contributed by atoms with Crippen molar-refractivity contribution in [3.05, 3.63) is 103 Å². The van der Waals surface area contributed by atoms with E-state index in [0.29, 0.717) is 23.8 Å². The minimum absolute atomic E-state index is 0.0757. The molecule has 2 amide bonds. The molecule has 1 saturated heterocycles. The first-order chi connectivity index (χ1) is 19.2. The second-order valence-electron chi connectivity index (χ2n) is 10.9. The Morgan fingerprint density at radius 3 is 2.23 bits per heavy atom. The Balaban J connectivity index is 1.34. The molecular weight excluding hydrogens is 504 g/mol. The van der Waals surface area contributed by atoms with Gasteiger partial charge in [-0.3, -0.25) is 9.69 Å². The molecule has 0 aromatic heterocycles. The van der Waals surface area contributed by atoms with Gasteiger partial charge < -0.3 is 19.1 Å². The number of hydrogen-bond donors (Lipinski definition) is 0. The summed E-state index contributed by atoms with van der Waals surface area (Å²) in [4.78, 5) is 29.5. The van der Waals surface area contributed by atoms with Crippen molar-refractivity contribution in [1.29, 1.82) is 0 Å². The normalized spacial score (nSPS) is 15.7. The summed E-state index contributed by atoms with van der Waals surface area (Å²) in [6, 6.07) is 30.9. The van der Waals surface area contributed by atoms with Gasteiger partial charge >= 0.3 is 6.09 Å². The van der Waals surface area contributed by atoms with Crippen LogP contribution in [0.4, 0.5) is 10.5 Å². The van der Waals surface area contributed by atoms with Crippen LogP contribution in [-0.4, -0.2) is 48.2 Å². The quantitative estimate of drug-likeness (QED) is 0.271. The van der Waals surface area contributed by atoms with Gasteiger partial charge in [-0.2, -0.15) is 0 Å². The molecule has 7 nitrogen and oxygen atoms in total. The summed E-state index contributed by atoms with van der Waals surface area (Å²) >= 11 is 0. The third kappa shape index (κ3) is 6.72. The van der Waals surface area contributed by atoms with Crippen molar-refractivity contribution >= 4 is 28.5 Å². The minimum atomic E-state index is -0.663. The Kier molecular flexibility index (Phi) is 7.91. The second kappa shape index (κ2) is 11.7. The highest BCUT2D eigenvalue weighted by atomic mass is 16.6. The van der Waals surface area contributed by atoms with Crippen LogP contribution in [0, 0.1) is 0 Å². The maximum atomic E-state index is 13.5. The lowest BCUT2D eigenvalue weighted by Gasteiger charge is -2.41. The minimum Gasteiger partial charge on any atom is -0.491 e. The van der Waals surface area contributed by atoms with Crippen LogP contribution >= 0.6 is 0 Å². The highest BCUT2D eigenvalue weighted by molar-refractivity contribution is 5.98. The average Bonchev–Trinajstić information content (AvgIpc) is 2.94. The Morgan fingerprint density at radius 1 is 0.825 bits per heavy atom. The number of rotatable bonds is 7. The number of piperazine rings is 1. The standard InChI is InChI=1S/C33H34N2O5/c1-33(2,3)40-32(37)34-20-28(23-39-30-16-13-25-11-7-8-12-26(25)19-30)35(31(36)21-34)27-14-17-29(18-15-27)38-22-24-9-5-4-6-10-24/h4-19,28H,20-23H2,1-3H3. The van der Waals surface area contributed by atoms with Gasteiger partial charge in [0.25, 0.3) is 0 Å². The highest BCUT2D eigenvalue weighted by Gasteiger charge is 2.37. The Labute approximate surface area is 234 Å². The molecule has 4 aromatic carbocycles. The molecule has 40 heavy (non-hydrogen) atoms. The topological polar surface area (TPSA) is 68.3 Å². The van der Waals surface area contributed by atoms with Crippen LogP contribution in [0.5, 0.6) is 11.5 Å². The van der Waals surface area contributed by atoms with Crippen molar-refractivity contribution in [2.45, 2.75) is 39.0 Å². The fraction of sp³-hybridized carbons (Fsp3) is 0.273. The summed E-state index contributed by atoms with van der Waals surface area (Å²) in [5.74, 6) is 1.20. The number of carbonyl (C=O) groups excluding carboxylic acids is 2. The molecule has 0 spiro atoms. The van der Waals surface area contributed by atoms with Crippen LogP contribution in [-0.2, 0) is 16.1 Å². The van der Waals surface area contributed by atoms with Gasteiger partial charge in [0.2, 0.25) is 5.91 Å². The molecule has 206 valence electrons. The molecule has 0 saturated carbocycles. The van der Waals surface area contributed by atoms with Crippen molar-refractivity contribution in [2.24, 2.45) is 0 Å². The molecular formula is C33H34N2O5. The van der Waals surface area contributed by atoms with E-state index < -0.39 is 17.7 Å². The van der Waals surface area contributed by atoms with E-state index in [9.17, 15) is 9.59 Å². The zero-order valence-corrected chi connectivity index (χ0v) is 23.1. The van der Waals surface area contributed by atoms with Crippen LogP contribution in [0.1, 0.15) is 26.3 Å². The summed E-state index contributed by atoms with van der Waals surface area (Å²) in [6.07, 6.45) is -0.513. The zero-order valence-electron chi connectivity index (χ0n) is 23.1. The molecule has 4 aromatic rings. The molecule has 1 aliphatic rings. The number of nitrogens with zero attached hydrogens (tertiary/aromatic N) is 2. The molecule has 1 aliphatic heterocycles. The van der Waals surface area contributed by atoms with E-state index in [-0.39, 0.29) is 25.6 Å². The van der Waals surface area contributed by atoms with E-state index >= 15 is 0 Å². The lowest BCUT2D eigenvalue weighted by atomic mass is 10.1. The number of benzene rings is 4. The average molecular weight is 539 g/mol. The smallest absolute Gasteiger partial charge is 0.410 e. The fourth-order valence-corrected chi connectivity index (χ4v) is 4.68. The van der Waals surface area contributed by atoms with Crippen LogP contribution < -0.4 is 14.4 Å². The van der Waals surface area contributed by atoms with Gasteiger partial charge in [0, 0.05) is 12.2 Å². The number of anilines is 1. The van der Waals surface area contributed by atoms with E-state index in [0.717, 1.165) is 16.3 Å². The zero-order chi connectivity index (χ0) is 28.1. The summed E-state index contributed by atoms with van der Waals surface area (Å²) in [5, 5.41) is 2.19. The number of carbonyl (C=O) groups is 2. The molecule has 0 radical (unpaired) electrons. The van der Waals surface area contributed by atoms with Gasteiger partial charge in [0.15, 0.2) is 0 Å². The Bertz CT molecular complexity index is 1460. The van der Waals surface area contributed by atoms with Gasteiger partial charge in [-0.05, 0) is 73.5 Å². The van der Waals surface area contributed by atoms with Crippen LogP contribution in [0.25, 0.3) is 10.8 Å². The molecule has 0 N–H and O–H groups in total. The lowest BCUT2D eigenvalue weighted by Crippen LogP contribution is -2.60. The Morgan fingerprint density at radius 2 is 1.50 bits per heavy atom. The molecule has 1 atom stereocenters. The Hall–Kier alpha value is -4.52. The molecule has 1 unspecified atom stereocenters. The van der Waals surface area contributed by atoms with Gasteiger partial charge in [-0.15, -0.1) is 0 Å². The summed E-state index contributed by atoms with van der Waals surface area (Å²) in [5.41, 5.74) is 1.13. The molecule has 0 bridgehead atoms. The number of ether oxygens (including phenoxy) is 3. The monoisotopic (exact) mass is 538 g/mol. The predicted molar refractivity (Wildman–Crippen MR) is 156 cm³/mol. The van der Waals surface area contributed by atoms with E-state index in [1.807, 2.05) is 118 Å². The molecule has 0 aliphatic carbocycles. The first kappa shape index (κ1) is 27.1. The van der Waals surface area contributed by atoms with E-state index in [2.05, 4.69) is 0 Å². The first-order valence-corrected chi connectivity index (χ1v) is 13.4. The molecule has 1 heterocycles. The third-order valence-corrected chi connectivity index (χ3v) is 6.57. The summed E-state index contributed by atoms with van der Waals surface area (Å²) < 4.78 is 17.7. The van der Waals surface area contributed by atoms with Gasteiger partial charge in [-0.25, -0.2) is 4.79 Å². The van der Waals surface area contributed by atoms with Gasteiger partial charge in [-0.1, -0.05) is 60.7 Å². The van der Waals surface area contributed by atoms with Crippen molar-refractivity contribution < 1.29 is 23.8 Å². The third-order valence-electron chi connectivity index (χ3n) is 6.57. The van der Waals surface area contributed by atoms with Gasteiger partial charge in [0.05, 0.1) is 6.04 Å². The summed E-state index contributed by atoms with van der Waals surface area (Å²) in [7, 11) is 0. The van der Waals surface area contributed by atoms with Crippen molar-refractivity contribution in [2.75, 3.05) is 24.6 Å². The van der Waals surface area contributed by atoms with Crippen molar-refractivity contribution in [1.82, 2.24) is 4.90 Å². The lowest BCUT2D eigenvalue weighted by molar-refractivity contribution is -0.122. The van der Waals surface area contributed by atoms with E-state index in [1.54, 1.807) is 4.90 Å². The van der Waals surface area contributed by atoms with Crippen LogP contribution in [0.2, 0.25) is 0 Å². The molecule has 5 rings (SSSR count). The van der Waals surface area contributed by atoms with Crippen molar-refractivity contribution in [3.63, 3.8) is 0 Å². The van der Waals surface area contributed by atoms with Crippen LogP contribution in [0.15, 0.2) is 97.1 Å². The SMILES string of the molecule is CC(C)(C)OC(=O)N1CC(=O)N(c2ccc(OCc3ccccc3)cc2)C(COc2ccc3ccccc3c2)C1. The number of amides is 2. The van der Waals surface area contributed by atoms with E-state index in [4.69, 9.17) is 14.2 Å². The maximum absolute atomic E-state index is 13.5. The van der Waals surface area contributed by atoms with Gasteiger partial charge in [0.1, 0.15) is 36.9 Å².